The Morgan fingerprint density at radius 2 is 2.23 bits per heavy atom. The van der Waals surface area contributed by atoms with Crippen LogP contribution < -0.4 is 5.32 Å². The van der Waals surface area contributed by atoms with Gasteiger partial charge in [0.2, 0.25) is 11.8 Å². The van der Waals surface area contributed by atoms with Gasteiger partial charge in [-0.25, -0.2) is 4.79 Å². The molecule has 2 saturated heterocycles. The van der Waals surface area contributed by atoms with E-state index in [0.717, 1.165) is 25.8 Å². The quantitative estimate of drug-likeness (QED) is 0.841. The Bertz CT molecular complexity index is 649. The molecule has 0 saturated carbocycles. The molecule has 1 N–H and O–H groups in total. The topological polar surface area (TPSA) is 79.0 Å². The lowest BCUT2D eigenvalue weighted by atomic mass is 9.83. The van der Waals surface area contributed by atoms with Crippen molar-refractivity contribution in [2.45, 2.75) is 31.7 Å². The lowest BCUT2D eigenvalue weighted by Gasteiger charge is -2.47. The molecule has 0 spiro atoms. The first-order chi connectivity index (χ1) is 12.6. The number of fused-ring (bicyclic) bond motifs is 1. The Hall–Kier alpha value is -2.09. The fourth-order valence-electron chi connectivity index (χ4n) is 3.89. The number of nitrogens with one attached hydrogen (secondary N) is 1. The number of hydrogen-bond donors (Lipinski definition) is 1. The van der Waals surface area contributed by atoms with Crippen LogP contribution in [0.3, 0.4) is 0 Å². The first-order valence-electron chi connectivity index (χ1n) is 9.00. The van der Waals surface area contributed by atoms with Crippen LogP contribution in [0.4, 0.5) is 4.79 Å². The van der Waals surface area contributed by atoms with E-state index < -0.39 is 6.09 Å². The lowest BCUT2D eigenvalue weighted by molar-refractivity contribution is -0.143. The van der Waals surface area contributed by atoms with Crippen molar-refractivity contribution in [2.24, 2.45) is 5.92 Å². The summed E-state index contributed by atoms with van der Waals surface area (Å²) in [5.41, 5.74) is 0. The highest BCUT2D eigenvalue weighted by Crippen LogP contribution is 2.31. The zero-order valence-corrected chi connectivity index (χ0v) is 15.8. The van der Waals surface area contributed by atoms with Crippen LogP contribution in [0.15, 0.2) is 17.5 Å². The molecule has 2 aliphatic rings. The molecule has 0 bridgehead atoms. The Balaban J connectivity index is 1.55. The number of alkyl carbamates (subject to hydrolysis) is 1. The largest absolute Gasteiger partial charge is 0.453 e. The molecular weight excluding hydrogens is 354 g/mol. The van der Waals surface area contributed by atoms with Crippen molar-refractivity contribution >= 4 is 29.2 Å². The maximum absolute atomic E-state index is 12.4. The Morgan fingerprint density at radius 3 is 2.96 bits per heavy atom. The standard InChI is InChI=1S/C18H25N3O4S/c1-25-18(24)19-11-17(23)20-8-7-15-13(12-20)4-5-16(22)21(15)9-6-14-3-2-10-26-14/h2-3,10,13,15H,4-9,11-12H2,1H3,(H,19,24)/t13-,15+/m0/s1. The van der Waals surface area contributed by atoms with Gasteiger partial charge in [0.15, 0.2) is 0 Å². The molecule has 8 heteroatoms. The average Bonchev–Trinajstić information content (AvgIpc) is 3.18. The number of thiophene rings is 1. The third kappa shape index (κ3) is 4.35. The summed E-state index contributed by atoms with van der Waals surface area (Å²) >= 11 is 1.72. The second-order valence-corrected chi connectivity index (χ2v) is 7.79. The molecule has 7 nitrogen and oxygen atoms in total. The number of nitrogens with zero attached hydrogens (tertiary/aromatic N) is 2. The van der Waals surface area contributed by atoms with Crippen molar-refractivity contribution in [1.29, 1.82) is 0 Å². The summed E-state index contributed by atoms with van der Waals surface area (Å²) in [6.45, 7) is 1.96. The van der Waals surface area contributed by atoms with Crippen molar-refractivity contribution in [3.05, 3.63) is 22.4 Å². The van der Waals surface area contributed by atoms with E-state index in [0.29, 0.717) is 25.4 Å². The summed E-state index contributed by atoms with van der Waals surface area (Å²) in [7, 11) is 1.27. The number of hydrogen-bond acceptors (Lipinski definition) is 5. The summed E-state index contributed by atoms with van der Waals surface area (Å²) in [4.78, 5) is 41.0. The van der Waals surface area contributed by atoms with E-state index in [9.17, 15) is 14.4 Å². The highest BCUT2D eigenvalue weighted by atomic mass is 32.1. The van der Waals surface area contributed by atoms with Crippen molar-refractivity contribution in [1.82, 2.24) is 15.1 Å². The molecule has 142 valence electrons. The molecule has 2 aliphatic heterocycles. The minimum Gasteiger partial charge on any atom is -0.453 e. The number of rotatable bonds is 5. The van der Waals surface area contributed by atoms with E-state index in [1.165, 1.54) is 12.0 Å². The van der Waals surface area contributed by atoms with E-state index in [4.69, 9.17) is 0 Å². The SMILES string of the molecule is COC(=O)NCC(=O)N1CC[C@@H]2[C@@H](CCC(=O)N2CCc2cccs2)C1. The number of likely N-dealkylation sites (tertiary alicyclic amines) is 2. The van der Waals surface area contributed by atoms with Gasteiger partial charge < -0.3 is 19.9 Å². The average molecular weight is 379 g/mol. The predicted octanol–water partition coefficient (Wildman–Crippen LogP) is 1.49. The number of piperidine rings is 2. The van der Waals surface area contributed by atoms with Crippen LogP contribution in [-0.4, -0.2) is 67.0 Å². The van der Waals surface area contributed by atoms with Gasteiger partial charge in [0.25, 0.3) is 0 Å². The second kappa shape index (κ2) is 8.53. The number of methoxy groups -OCH3 is 1. The number of carbonyl (C=O) groups excluding carboxylic acids is 3. The zero-order chi connectivity index (χ0) is 18.5. The molecule has 1 aromatic heterocycles. The minimum absolute atomic E-state index is 0.0505. The van der Waals surface area contributed by atoms with Crippen molar-refractivity contribution in [2.75, 3.05) is 33.3 Å². The monoisotopic (exact) mass is 379 g/mol. The van der Waals surface area contributed by atoms with Crippen LogP contribution in [-0.2, 0) is 20.7 Å². The van der Waals surface area contributed by atoms with Gasteiger partial charge in [-0.05, 0) is 36.6 Å². The van der Waals surface area contributed by atoms with Crippen molar-refractivity contribution in [3.63, 3.8) is 0 Å². The molecule has 0 radical (unpaired) electrons. The van der Waals surface area contributed by atoms with Gasteiger partial charge in [-0.1, -0.05) is 6.07 Å². The Morgan fingerprint density at radius 1 is 1.38 bits per heavy atom. The maximum atomic E-state index is 12.4. The van der Waals surface area contributed by atoms with Gasteiger partial charge in [0.1, 0.15) is 6.54 Å². The van der Waals surface area contributed by atoms with Crippen LogP contribution in [0.2, 0.25) is 0 Å². The van der Waals surface area contributed by atoms with Crippen LogP contribution >= 0.6 is 11.3 Å². The molecule has 0 aromatic carbocycles. The highest BCUT2D eigenvalue weighted by molar-refractivity contribution is 7.09. The van der Waals surface area contributed by atoms with E-state index in [2.05, 4.69) is 21.5 Å². The number of carbonyl (C=O) groups is 3. The van der Waals surface area contributed by atoms with Crippen LogP contribution in [0, 0.1) is 5.92 Å². The van der Waals surface area contributed by atoms with Crippen LogP contribution in [0.25, 0.3) is 0 Å². The lowest BCUT2D eigenvalue weighted by Crippen LogP contribution is -2.58. The first kappa shape index (κ1) is 18.7. The van der Waals surface area contributed by atoms with E-state index in [-0.39, 0.29) is 24.4 Å². The number of ether oxygens (including phenoxy) is 1. The number of amides is 3. The molecule has 3 heterocycles. The Kier molecular flexibility index (Phi) is 6.13. The summed E-state index contributed by atoms with van der Waals surface area (Å²) < 4.78 is 4.49. The molecule has 0 aliphatic carbocycles. The van der Waals surface area contributed by atoms with Crippen molar-refractivity contribution in [3.8, 4) is 0 Å². The molecular formula is C18H25N3O4S. The zero-order valence-electron chi connectivity index (χ0n) is 15.0. The van der Waals surface area contributed by atoms with Gasteiger partial charge in [0.05, 0.1) is 7.11 Å². The van der Waals surface area contributed by atoms with Gasteiger partial charge in [0, 0.05) is 37.0 Å². The fourth-order valence-corrected chi connectivity index (χ4v) is 4.58. The molecule has 1 aromatic rings. The van der Waals surface area contributed by atoms with Crippen molar-refractivity contribution < 1.29 is 19.1 Å². The summed E-state index contributed by atoms with van der Waals surface area (Å²) in [6.07, 6.45) is 2.46. The molecule has 0 unspecified atom stereocenters. The van der Waals surface area contributed by atoms with Gasteiger partial charge in [-0.3, -0.25) is 9.59 Å². The summed E-state index contributed by atoms with van der Waals surface area (Å²) in [5, 5.41) is 4.50. The molecule has 3 amide bonds. The van der Waals surface area contributed by atoms with Gasteiger partial charge >= 0.3 is 6.09 Å². The molecule has 3 rings (SSSR count). The first-order valence-corrected chi connectivity index (χ1v) is 9.88. The third-order valence-electron chi connectivity index (χ3n) is 5.24. The van der Waals surface area contributed by atoms with E-state index in [1.807, 2.05) is 11.0 Å². The van der Waals surface area contributed by atoms with Gasteiger partial charge in [-0.2, -0.15) is 0 Å². The smallest absolute Gasteiger partial charge is 0.407 e. The van der Waals surface area contributed by atoms with Crippen LogP contribution in [0.1, 0.15) is 24.1 Å². The van der Waals surface area contributed by atoms with E-state index >= 15 is 0 Å². The van der Waals surface area contributed by atoms with Crippen LogP contribution in [0.5, 0.6) is 0 Å². The minimum atomic E-state index is -0.601. The molecule has 2 atom stereocenters. The summed E-state index contributed by atoms with van der Waals surface area (Å²) in [6, 6.07) is 4.35. The van der Waals surface area contributed by atoms with E-state index in [1.54, 1.807) is 16.2 Å². The molecule has 26 heavy (non-hydrogen) atoms. The highest BCUT2D eigenvalue weighted by Gasteiger charge is 2.40. The molecule has 2 fully saturated rings. The predicted molar refractivity (Wildman–Crippen MR) is 97.9 cm³/mol. The second-order valence-electron chi connectivity index (χ2n) is 6.76. The Labute approximate surface area is 157 Å². The summed E-state index contributed by atoms with van der Waals surface area (Å²) in [5.74, 6) is 0.442. The normalized spacial score (nSPS) is 22.7. The van der Waals surface area contributed by atoms with Gasteiger partial charge in [-0.15, -0.1) is 11.3 Å². The fraction of sp³-hybridized carbons (Fsp3) is 0.611. The maximum Gasteiger partial charge on any atom is 0.407 e. The third-order valence-corrected chi connectivity index (χ3v) is 6.18.